The van der Waals surface area contributed by atoms with E-state index in [0.717, 1.165) is 43.4 Å². The summed E-state index contributed by atoms with van der Waals surface area (Å²) in [6.45, 7) is -0.502. The van der Waals surface area contributed by atoms with E-state index in [-0.39, 0.29) is 24.7 Å². The fraction of sp³-hybridized carbons (Fsp3) is 0.750. The predicted octanol–water partition coefficient (Wildman–Crippen LogP) is 1.56. The SMILES string of the molecule is O=C(O)CN1C(=O)CCCCCCCCC1=O. The molecule has 1 rings (SSSR count). The van der Waals surface area contributed by atoms with E-state index in [4.69, 9.17) is 5.11 Å². The van der Waals surface area contributed by atoms with Crippen molar-refractivity contribution in [1.29, 1.82) is 0 Å². The number of aliphatic carboxylic acids is 1. The van der Waals surface area contributed by atoms with Crippen LogP contribution in [-0.2, 0) is 14.4 Å². The quantitative estimate of drug-likeness (QED) is 0.744. The van der Waals surface area contributed by atoms with Crippen LogP contribution in [-0.4, -0.2) is 34.3 Å². The van der Waals surface area contributed by atoms with E-state index >= 15 is 0 Å². The van der Waals surface area contributed by atoms with Crippen molar-refractivity contribution in [2.45, 2.75) is 51.4 Å². The van der Waals surface area contributed by atoms with E-state index in [1.54, 1.807) is 0 Å². The Morgan fingerprint density at radius 2 is 1.35 bits per heavy atom. The third-order valence-electron chi connectivity index (χ3n) is 2.93. The third-order valence-corrected chi connectivity index (χ3v) is 2.93. The van der Waals surface area contributed by atoms with Crippen molar-refractivity contribution in [3.8, 4) is 0 Å². The Kier molecular flexibility index (Phi) is 5.66. The maximum Gasteiger partial charge on any atom is 0.323 e. The van der Waals surface area contributed by atoms with Gasteiger partial charge in [0.2, 0.25) is 11.8 Å². The first-order valence-electron chi connectivity index (χ1n) is 6.16. The third kappa shape index (κ3) is 4.97. The summed E-state index contributed by atoms with van der Waals surface area (Å²) in [5, 5.41) is 8.70. The van der Waals surface area contributed by atoms with Gasteiger partial charge in [0, 0.05) is 12.8 Å². The maximum absolute atomic E-state index is 11.7. The first-order valence-corrected chi connectivity index (χ1v) is 6.16. The molecule has 5 nitrogen and oxygen atoms in total. The molecular formula is C12H19NO4. The average Bonchev–Trinajstić information content (AvgIpc) is 2.30. The summed E-state index contributed by atoms with van der Waals surface area (Å²) >= 11 is 0. The molecule has 0 aliphatic carbocycles. The molecule has 1 saturated heterocycles. The van der Waals surface area contributed by atoms with E-state index in [0.29, 0.717) is 0 Å². The van der Waals surface area contributed by atoms with E-state index in [9.17, 15) is 14.4 Å². The summed E-state index contributed by atoms with van der Waals surface area (Å²) < 4.78 is 0. The molecule has 5 heteroatoms. The fourth-order valence-electron chi connectivity index (χ4n) is 1.98. The summed E-state index contributed by atoms with van der Waals surface area (Å²) in [5.41, 5.74) is 0. The van der Waals surface area contributed by atoms with Crippen LogP contribution < -0.4 is 0 Å². The number of carboxylic acids is 1. The highest BCUT2D eigenvalue weighted by molar-refractivity contribution is 5.97. The molecule has 1 heterocycles. The van der Waals surface area contributed by atoms with Crippen LogP contribution in [0.15, 0.2) is 0 Å². The molecule has 96 valence electrons. The lowest BCUT2D eigenvalue weighted by Crippen LogP contribution is -2.40. The van der Waals surface area contributed by atoms with Gasteiger partial charge in [-0.25, -0.2) is 0 Å². The van der Waals surface area contributed by atoms with Gasteiger partial charge in [0.1, 0.15) is 6.54 Å². The molecule has 0 aromatic rings. The molecule has 0 saturated carbocycles. The van der Waals surface area contributed by atoms with Gasteiger partial charge in [-0.3, -0.25) is 19.3 Å². The van der Waals surface area contributed by atoms with Crippen LogP contribution in [0.2, 0.25) is 0 Å². The topological polar surface area (TPSA) is 74.7 Å². The normalized spacial score (nSPS) is 19.9. The van der Waals surface area contributed by atoms with Crippen molar-refractivity contribution in [2.75, 3.05) is 6.54 Å². The number of carboxylic acid groups (broad SMARTS) is 1. The Bertz CT molecular complexity index is 279. The van der Waals surface area contributed by atoms with Crippen molar-refractivity contribution in [3.63, 3.8) is 0 Å². The van der Waals surface area contributed by atoms with E-state index in [1.165, 1.54) is 0 Å². The molecule has 1 aliphatic rings. The molecule has 17 heavy (non-hydrogen) atoms. The van der Waals surface area contributed by atoms with Crippen LogP contribution >= 0.6 is 0 Å². The second-order valence-corrected chi connectivity index (χ2v) is 4.39. The molecule has 0 atom stereocenters. The summed E-state index contributed by atoms with van der Waals surface area (Å²) in [6, 6.07) is 0. The van der Waals surface area contributed by atoms with Crippen molar-refractivity contribution in [2.24, 2.45) is 0 Å². The highest BCUT2D eigenvalue weighted by Crippen LogP contribution is 2.13. The molecule has 1 aliphatic heterocycles. The van der Waals surface area contributed by atoms with Gasteiger partial charge in [0.25, 0.3) is 0 Å². The molecule has 0 radical (unpaired) electrons. The lowest BCUT2D eigenvalue weighted by Gasteiger charge is -2.18. The smallest absolute Gasteiger partial charge is 0.323 e. The number of carbonyl (C=O) groups excluding carboxylic acids is 2. The molecule has 0 aromatic carbocycles. The Balaban J connectivity index is 2.66. The van der Waals surface area contributed by atoms with Crippen molar-refractivity contribution in [3.05, 3.63) is 0 Å². The van der Waals surface area contributed by atoms with E-state index < -0.39 is 12.5 Å². The average molecular weight is 241 g/mol. The summed E-state index contributed by atoms with van der Waals surface area (Å²) in [7, 11) is 0. The number of nitrogens with zero attached hydrogens (tertiary/aromatic N) is 1. The van der Waals surface area contributed by atoms with Gasteiger partial charge in [-0.1, -0.05) is 25.7 Å². The highest BCUT2D eigenvalue weighted by atomic mass is 16.4. The van der Waals surface area contributed by atoms with Crippen LogP contribution in [0.4, 0.5) is 0 Å². The van der Waals surface area contributed by atoms with Crippen molar-refractivity contribution < 1.29 is 19.5 Å². The zero-order valence-electron chi connectivity index (χ0n) is 9.98. The van der Waals surface area contributed by atoms with Gasteiger partial charge in [-0.2, -0.15) is 0 Å². The lowest BCUT2D eigenvalue weighted by molar-refractivity contribution is -0.152. The van der Waals surface area contributed by atoms with Crippen LogP contribution in [0.3, 0.4) is 0 Å². The minimum atomic E-state index is -1.14. The number of rotatable bonds is 2. The number of carbonyl (C=O) groups is 3. The summed E-state index contributed by atoms with van der Waals surface area (Å²) in [6.07, 6.45) is 6.14. The molecule has 1 fully saturated rings. The minimum absolute atomic E-state index is 0.277. The zero-order chi connectivity index (χ0) is 12.7. The number of hydrogen-bond donors (Lipinski definition) is 1. The van der Waals surface area contributed by atoms with E-state index in [2.05, 4.69) is 0 Å². The second kappa shape index (κ2) is 7.04. The Morgan fingerprint density at radius 3 is 1.76 bits per heavy atom. The van der Waals surface area contributed by atoms with Crippen LogP contribution in [0.25, 0.3) is 0 Å². The van der Waals surface area contributed by atoms with Crippen LogP contribution in [0.5, 0.6) is 0 Å². The van der Waals surface area contributed by atoms with Crippen LogP contribution in [0.1, 0.15) is 51.4 Å². The van der Waals surface area contributed by atoms with Gasteiger partial charge in [-0.05, 0) is 12.8 Å². The summed E-state index contributed by atoms with van der Waals surface area (Å²) in [4.78, 5) is 35.0. The van der Waals surface area contributed by atoms with Crippen molar-refractivity contribution >= 4 is 17.8 Å². The van der Waals surface area contributed by atoms with Crippen molar-refractivity contribution in [1.82, 2.24) is 4.90 Å². The monoisotopic (exact) mass is 241 g/mol. The number of imide groups is 1. The van der Waals surface area contributed by atoms with Gasteiger partial charge in [-0.15, -0.1) is 0 Å². The van der Waals surface area contributed by atoms with Crippen LogP contribution in [0, 0.1) is 0 Å². The molecule has 2 amide bonds. The highest BCUT2D eigenvalue weighted by Gasteiger charge is 2.23. The predicted molar refractivity (Wildman–Crippen MR) is 61.3 cm³/mol. The standard InChI is InChI=1S/C12H19NO4/c14-10-7-5-3-1-2-4-6-8-11(15)13(10)9-12(16)17/h1-9H2,(H,16,17). The van der Waals surface area contributed by atoms with Gasteiger partial charge in [0.15, 0.2) is 0 Å². The van der Waals surface area contributed by atoms with Gasteiger partial charge in [0.05, 0.1) is 0 Å². The minimum Gasteiger partial charge on any atom is -0.480 e. The molecule has 0 bridgehead atoms. The van der Waals surface area contributed by atoms with E-state index in [1.807, 2.05) is 0 Å². The largest absolute Gasteiger partial charge is 0.480 e. The molecule has 0 spiro atoms. The maximum atomic E-state index is 11.7. The summed E-state index contributed by atoms with van der Waals surface area (Å²) in [5.74, 6) is -1.83. The molecule has 0 unspecified atom stereocenters. The zero-order valence-corrected chi connectivity index (χ0v) is 9.98. The van der Waals surface area contributed by atoms with Gasteiger partial charge >= 0.3 is 5.97 Å². The number of amides is 2. The molecule has 0 aromatic heterocycles. The Labute approximate surface area is 101 Å². The van der Waals surface area contributed by atoms with Gasteiger partial charge < -0.3 is 5.11 Å². The Hall–Kier alpha value is -1.39. The first-order chi connectivity index (χ1) is 8.11. The molecular weight excluding hydrogens is 222 g/mol. The molecule has 1 N–H and O–H groups in total. The second-order valence-electron chi connectivity index (χ2n) is 4.39. The lowest BCUT2D eigenvalue weighted by atomic mass is 10.1. The first kappa shape index (κ1) is 13.7. The fourth-order valence-corrected chi connectivity index (χ4v) is 1.98. The number of hydrogen-bond acceptors (Lipinski definition) is 3. The Morgan fingerprint density at radius 1 is 0.941 bits per heavy atom.